The first-order chi connectivity index (χ1) is 14.0. The zero-order valence-electron chi connectivity index (χ0n) is 16.5. The maximum Gasteiger partial charge on any atom is 0.290 e. The summed E-state index contributed by atoms with van der Waals surface area (Å²) in [6.45, 7) is 4.87. The van der Waals surface area contributed by atoms with Crippen molar-refractivity contribution in [1.82, 2.24) is 20.1 Å². The Morgan fingerprint density at radius 2 is 2.14 bits per heavy atom. The molecular formula is C19H26FN5O4. The zero-order chi connectivity index (χ0) is 21.2. The van der Waals surface area contributed by atoms with E-state index in [1.54, 1.807) is 12.1 Å². The molecule has 2 aromatic rings. The Balaban J connectivity index is 0.000000941. The van der Waals surface area contributed by atoms with Crippen LogP contribution in [0.1, 0.15) is 26.2 Å². The van der Waals surface area contributed by atoms with Crippen LogP contribution in [0.5, 0.6) is 5.88 Å². The summed E-state index contributed by atoms with van der Waals surface area (Å²) in [4.78, 5) is 27.0. The van der Waals surface area contributed by atoms with Crippen LogP contribution < -0.4 is 10.1 Å². The number of nitrogens with zero attached hydrogens (tertiary/aromatic N) is 3. The van der Waals surface area contributed by atoms with Gasteiger partial charge in [-0.05, 0) is 37.9 Å². The third-order valence-electron chi connectivity index (χ3n) is 4.50. The second-order valence-electron chi connectivity index (χ2n) is 6.82. The number of anilines is 1. The van der Waals surface area contributed by atoms with Crippen LogP contribution in [-0.4, -0.2) is 64.3 Å². The Labute approximate surface area is 168 Å². The van der Waals surface area contributed by atoms with Gasteiger partial charge in [0, 0.05) is 30.8 Å². The molecule has 10 heteroatoms. The molecule has 3 heterocycles. The second-order valence-corrected chi connectivity index (χ2v) is 6.82. The maximum absolute atomic E-state index is 14.6. The number of nitrogens with one attached hydrogen (secondary N) is 2. The summed E-state index contributed by atoms with van der Waals surface area (Å²) in [6, 6.07) is 3.31. The number of aromatic nitrogens is 3. The van der Waals surface area contributed by atoms with E-state index >= 15 is 0 Å². The fraction of sp³-hybridized carbons (Fsp3) is 0.474. The largest absolute Gasteiger partial charge is 0.483 e. The average Bonchev–Trinajstić information content (AvgIpc) is 3.33. The van der Waals surface area contributed by atoms with E-state index in [1.807, 2.05) is 6.92 Å². The summed E-state index contributed by atoms with van der Waals surface area (Å²) < 4.78 is 19.5. The van der Waals surface area contributed by atoms with Crippen LogP contribution in [0.25, 0.3) is 11.3 Å². The van der Waals surface area contributed by atoms with E-state index in [9.17, 15) is 9.18 Å². The Morgan fingerprint density at radius 1 is 1.45 bits per heavy atom. The zero-order valence-corrected chi connectivity index (χ0v) is 16.5. The SMILES string of the molecule is COc1ccc(-c2[nH]nc(NC(=O)CC(C)CN3CCCC3)c2F)cn1.O=CO. The van der Waals surface area contributed by atoms with Crippen molar-refractivity contribution in [3.63, 3.8) is 0 Å². The molecule has 1 aliphatic rings. The van der Waals surface area contributed by atoms with E-state index in [-0.39, 0.29) is 29.8 Å². The van der Waals surface area contributed by atoms with Gasteiger partial charge in [-0.25, -0.2) is 9.37 Å². The Morgan fingerprint density at radius 3 is 2.72 bits per heavy atom. The van der Waals surface area contributed by atoms with Gasteiger partial charge in [0.1, 0.15) is 5.69 Å². The standard InChI is InChI=1S/C18H24FN5O2.CH2O2/c1-12(11-24-7-3-4-8-24)9-14(25)21-18-16(19)17(22-23-18)13-5-6-15(26-2)20-10-13;2-1-3/h5-6,10,12H,3-4,7-9,11H2,1-2H3,(H2,21,22,23,25);1H,(H,2,3). The predicted octanol–water partition coefficient (Wildman–Crippen LogP) is 2.38. The highest BCUT2D eigenvalue weighted by atomic mass is 19.1. The average molecular weight is 407 g/mol. The molecule has 0 aromatic carbocycles. The Bertz CT molecular complexity index is 790. The second kappa shape index (κ2) is 11.1. The van der Waals surface area contributed by atoms with Crippen LogP contribution in [-0.2, 0) is 9.59 Å². The third-order valence-corrected chi connectivity index (χ3v) is 4.50. The van der Waals surface area contributed by atoms with Crippen molar-refractivity contribution in [1.29, 1.82) is 0 Å². The van der Waals surface area contributed by atoms with Crippen molar-refractivity contribution in [3.8, 4) is 17.1 Å². The van der Waals surface area contributed by atoms with Gasteiger partial charge in [-0.2, -0.15) is 5.10 Å². The molecule has 1 fully saturated rings. The summed E-state index contributed by atoms with van der Waals surface area (Å²) in [5.74, 6) is -0.275. The topological polar surface area (TPSA) is 120 Å². The monoisotopic (exact) mass is 407 g/mol. The van der Waals surface area contributed by atoms with Gasteiger partial charge < -0.3 is 20.1 Å². The molecule has 1 amide bonds. The van der Waals surface area contributed by atoms with Gasteiger partial charge in [0.15, 0.2) is 11.6 Å². The number of likely N-dealkylation sites (tertiary alicyclic amines) is 1. The third kappa shape index (κ3) is 6.53. The van der Waals surface area contributed by atoms with Crippen LogP contribution >= 0.6 is 0 Å². The van der Waals surface area contributed by atoms with Crippen molar-refractivity contribution in [2.45, 2.75) is 26.2 Å². The number of H-pyrrole nitrogens is 1. The smallest absolute Gasteiger partial charge is 0.290 e. The fourth-order valence-electron chi connectivity index (χ4n) is 3.22. The van der Waals surface area contributed by atoms with Crippen molar-refractivity contribution in [3.05, 3.63) is 24.1 Å². The molecule has 9 nitrogen and oxygen atoms in total. The normalized spacial score (nSPS) is 14.6. The lowest BCUT2D eigenvalue weighted by atomic mass is 10.1. The molecule has 29 heavy (non-hydrogen) atoms. The molecule has 3 N–H and O–H groups in total. The molecule has 1 atom stereocenters. The van der Waals surface area contributed by atoms with Gasteiger partial charge in [0.25, 0.3) is 6.47 Å². The highest BCUT2D eigenvalue weighted by molar-refractivity contribution is 5.90. The van der Waals surface area contributed by atoms with Crippen LogP contribution in [0.2, 0.25) is 0 Å². The first-order valence-electron chi connectivity index (χ1n) is 9.32. The fourth-order valence-corrected chi connectivity index (χ4v) is 3.22. The van der Waals surface area contributed by atoms with E-state index in [1.165, 1.54) is 26.1 Å². The number of carbonyl (C=O) groups is 2. The van der Waals surface area contributed by atoms with Crippen molar-refractivity contribution >= 4 is 18.2 Å². The van der Waals surface area contributed by atoms with Gasteiger partial charge in [-0.3, -0.25) is 14.7 Å². The number of halogens is 1. The molecule has 3 rings (SSSR count). The van der Waals surface area contributed by atoms with E-state index in [0.717, 1.165) is 19.6 Å². The van der Waals surface area contributed by atoms with Crippen molar-refractivity contribution in [2.24, 2.45) is 5.92 Å². The maximum atomic E-state index is 14.6. The van der Waals surface area contributed by atoms with Gasteiger partial charge in [0.2, 0.25) is 11.8 Å². The highest BCUT2D eigenvalue weighted by Crippen LogP contribution is 2.25. The molecular weight excluding hydrogens is 381 g/mol. The van der Waals surface area contributed by atoms with Gasteiger partial charge in [-0.15, -0.1) is 0 Å². The summed E-state index contributed by atoms with van der Waals surface area (Å²) in [5, 5.41) is 15.9. The summed E-state index contributed by atoms with van der Waals surface area (Å²) in [5.41, 5.74) is 0.708. The molecule has 0 spiro atoms. The Hall–Kier alpha value is -3.01. The van der Waals surface area contributed by atoms with E-state index in [0.29, 0.717) is 17.9 Å². The summed E-state index contributed by atoms with van der Waals surface area (Å²) >= 11 is 0. The number of hydrogen-bond acceptors (Lipinski definition) is 6. The van der Waals surface area contributed by atoms with E-state index in [2.05, 4.69) is 25.4 Å². The molecule has 1 unspecified atom stereocenters. The van der Waals surface area contributed by atoms with Gasteiger partial charge >= 0.3 is 0 Å². The number of rotatable bonds is 7. The number of methoxy groups -OCH3 is 1. The first-order valence-corrected chi connectivity index (χ1v) is 9.32. The highest BCUT2D eigenvalue weighted by Gasteiger charge is 2.20. The molecule has 1 aliphatic heterocycles. The number of carboxylic acid groups (broad SMARTS) is 1. The first kappa shape index (κ1) is 22.3. The van der Waals surface area contributed by atoms with Gasteiger partial charge in [0.05, 0.1) is 7.11 Å². The van der Waals surface area contributed by atoms with E-state index < -0.39 is 5.82 Å². The van der Waals surface area contributed by atoms with Gasteiger partial charge in [-0.1, -0.05) is 6.92 Å². The molecule has 158 valence electrons. The number of amides is 1. The lowest BCUT2D eigenvalue weighted by Crippen LogP contribution is -2.28. The van der Waals surface area contributed by atoms with Crippen molar-refractivity contribution < 1.29 is 23.8 Å². The van der Waals surface area contributed by atoms with Crippen molar-refractivity contribution in [2.75, 3.05) is 32.1 Å². The molecule has 0 bridgehead atoms. The number of pyridine rings is 1. The van der Waals surface area contributed by atoms with Crippen LogP contribution in [0.15, 0.2) is 18.3 Å². The number of hydrogen-bond donors (Lipinski definition) is 3. The molecule has 0 aliphatic carbocycles. The van der Waals surface area contributed by atoms with Crippen LogP contribution in [0.3, 0.4) is 0 Å². The quantitative estimate of drug-likeness (QED) is 0.603. The minimum absolute atomic E-state index is 0.0887. The molecule has 1 saturated heterocycles. The van der Waals surface area contributed by atoms with E-state index in [4.69, 9.17) is 14.6 Å². The number of ether oxygens (including phenoxy) is 1. The van der Waals surface area contributed by atoms with Crippen LogP contribution in [0.4, 0.5) is 10.2 Å². The minimum atomic E-state index is -0.600. The molecule has 2 aromatic heterocycles. The molecule has 0 saturated carbocycles. The Kier molecular flexibility index (Phi) is 8.53. The number of aromatic amines is 1. The van der Waals surface area contributed by atoms with Crippen LogP contribution in [0, 0.1) is 11.7 Å². The summed E-state index contributed by atoms with van der Waals surface area (Å²) in [6.07, 6.45) is 4.27. The minimum Gasteiger partial charge on any atom is -0.483 e. The number of carbonyl (C=O) groups excluding carboxylic acids is 1. The summed E-state index contributed by atoms with van der Waals surface area (Å²) in [7, 11) is 1.51. The lowest BCUT2D eigenvalue weighted by molar-refractivity contribution is -0.123. The predicted molar refractivity (Wildman–Crippen MR) is 105 cm³/mol. The lowest BCUT2D eigenvalue weighted by Gasteiger charge is -2.19. The molecule has 0 radical (unpaired) electrons.